The number of hydrogen-bond donors (Lipinski definition) is 1. The standard InChI is InChI=1S/C2H4O2.2C2H5.Sn/c1-2(3)4;2*1-2;/h1H3,(H,3,4);2*1H2,2H3;. The van der Waals surface area contributed by atoms with Crippen molar-refractivity contribution in [3.8, 4) is 0 Å². The van der Waals surface area contributed by atoms with E-state index in [1.165, 1.54) is 8.87 Å². The molecule has 0 spiro atoms. The summed E-state index contributed by atoms with van der Waals surface area (Å²) in [5.41, 5.74) is 0. The fraction of sp³-hybridized carbons (Fsp3) is 0.833. The number of rotatable bonds is 2. The zero-order valence-corrected chi connectivity index (χ0v) is 9.12. The Kier molecular flexibility index (Phi) is 14.8. The summed E-state index contributed by atoms with van der Waals surface area (Å²) < 4.78 is 3.03. The molecule has 0 unspecified atom stereocenters. The van der Waals surface area contributed by atoms with E-state index in [0.29, 0.717) is 0 Å². The second-order valence-electron chi connectivity index (χ2n) is 1.48. The van der Waals surface area contributed by atoms with Gasteiger partial charge in [0.15, 0.2) is 0 Å². The van der Waals surface area contributed by atoms with E-state index in [9.17, 15) is 0 Å². The van der Waals surface area contributed by atoms with Crippen LogP contribution in [0.3, 0.4) is 0 Å². The van der Waals surface area contributed by atoms with E-state index in [-0.39, 0.29) is 21.1 Å². The third kappa shape index (κ3) is 63.1. The van der Waals surface area contributed by atoms with Gasteiger partial charge in [-0.05, 0) is 0 Å². The zero-order chi connectivity index (χ0) is 7.70. The minimum absolute atomic E-state index is 0.218. The van der Waals surface area contributed by atoms with Crippen LogP contribution in [0, 0.1) is 0 Å². The summed E-state index contributed by atoms with van der Waals surface area (Å²) in [7, 11) is 0. The first-order chi connectivity index (χ1) is 4.15. The molecule has 0 aromatic rings. The molecule has 0 amide bonds. The first-order valence-electron chi connectivity index (χ1n) is 3.05. The molecule has 0 fully saturated rings. The van der Waals surface area contributed by atoms with Crippen molar-refractivity contribution in [2.45, 2.75) is 29.6 Å². The molecular formula is C6H14O2Sn. The van der Waals surface area contributed by atoms with Crippen LogP contribution in [-0.4, -0.2) is 32.2 Å². The van der Waals surface area contributed by atoms with Gasteiger partial charge < -0.3 is 5.11 Å². The summed E-state index contributed by atoms with van der Waals surface area (Å²) in [6, 6.07) is 0. The Hall–Kier alpha value is 0.269. The third-order valence-corrected chi connectivity index (χ3v) is 3.35. The third-order valence-electron chi connectivity index (χ3n) is 0.500. The van der Waals surface area contributed by atoms with Crippen LogP contribution in [0.2, 0.25) is 8.87 Å². The Morgan fingerprint density at radius 3 is 1.67 bits per heavy atom. The molecule has 0 bridgehead atoms. The second kappa shape index (κ2) is 11.1. The molecule has 0 heterocycles. The van der Waals surface area contributed by atoms with Gasteiger partial charge >= 0.3 is 43.9 Å². The van der Waals surface area contributed by atoms with Gasteiger partial charge in [-0.15, -0.1) is 0 Å². The first-order valence-corrected chi connectivity index (χ1v) is 7.09. The predicted octanol–water partition coefficient (Wildman–Crippen LogP) is 1.66. The molecule has 0 saturated carbocycles. The van der Waals surface area contributed by atoms with Crippen molar-refractivity contribution >= 4 is 27.1 Å². The molecule has 54 valence electrons. The number of carboxylic acid groups (broad SMARTS) is 1. The van der Waals surface area contributed by atoms with Crippen molar-refractivity contribution < 1.29 is 9.90 Å². The number of carbonyl (C=O) groups is 1. The minimum atomic E-state index is -0.833. The quantitative estimate of drug-likeness (QED) is 0.741. The average molecular weight is 237 g/mol. The summed E-state index contributed by atoms with van der Waals surface area (Å²) >= 11 is 0.218. The molecule has 1 N–H and O–H groups in total. The first kappa shape index (κ1) is 12.0. The van der Waals surface area contributed by atoms with Crippen LogP contribution >= 0.6 is 0 Å². The molecule has 0 saturated heterocycles. The molecule has 0 atom stereocenters. The SMILES string of the molecule is CC(=O)O.C[CH2][Sn][CH2]C. The molecule has 0 aromatic heterocycles. The van der Waals surface area contributed by atoms with Crippen molar-refractivity contribution in [1.82, 2.24) is 0 Å². The normalized spacial score (nSPS) is 7.44. The van der Waals surface area contributed by atoms with Crippen LogP contribution in [0.1, 0.15) is 20.8 Å². The van der Waals surface area contributed by atoms with Crippen molar-refractivity contribution in [3.05, 3.63) is 0 Å². The molecule has 0 aliphatic carbocycles. The van der Waals surface area contributed by atoms with Crippen LogP contribution in [0.15, 0.2) is 0 Å². The van der Waals surface area contributed by atoms with E-state index in [4.69, 9.17) is 9.90 Å². The summed E-state index contributed by atoms with van der Waals surface area (Å²) in [6.07, 6.45) is 0. The molecule has 9 heavy (non-hydrogen) atoms. The van der Waals surface area contributed by atoms with Crippen LogP contribution in [0.5, 0.6) is 0 Å². The van der Waals surface area contributed by atoms with Gasteiger partial charge in [-0.1, -0.05) is 0 Å². The fourth-order valence-corrected chi connectivity index (χ4v) is 1.68. The molecule has 0 rings (SSSR count). The van der Waals surface area contributed by atoms with Crippen molar-refractivity contribution in [2.75, 3.05) is 0 Å². The molecular weight excluding hydrogens is 223 g/mol. The number of hydrogen-bond acceptors (Lipinski definition) is 1. The van der Waals surface area contributed by atoms with E-state index in [1.807, 2.05) is 0 Å². The molecule has 0 aliphatic rings. The number of aliphatic carboxylic acids is 1. The van der Waals surface area contributed by atoms with Gasteiger partial charge in [0.2, 0.25) is 0 Å². The summed E-state index contributed by atoms with van der Waals surface area (Å²) in [4.78, 5) is 9.00. The van der Waals surface area contributed by atoms with Gasteiger partial charge in [-0.25, -0.2) is 0 Å². The summed E-state index contributed by atoms with van der Waals surface area (Å²) in [5.74, 6) is -0.833. The fourth-order valence-electron chi connectivity index (χ4n) is 0.250. The molecule has 0 aromatic carbocycles. The van der Waals surface area contributed by atoms with Gasteiger partial charge in [-0.2, -0.15) is 0 Å². The summed E-state index contributed by atoms with van der Waals surface area (Å²) in [6.45, 7) is 5.66. The topological polar surface area (TPSA) is 37.3 Å². The summed E-state index contributed by atoms with van der Waals surface area (Å²) in [5, 5.41) is 7.42. The van der Waals surface area contributed by atoms with Gasteiger partial charge in [0.05, 0.1) is 0 Å². The predicted molar refractivity (Wildman–Crippen MR) is 40.0 cm³/mol. The monoisotopic (exact) mass is 238 g/mol. The van der Waals surface area contributed by atoms with Crippen molar-refractivity contribution in [3.63, 3.8) is 0 Å². The van der Waals surface area contributed by atoms with Gasteiger partial charge in [0.25, 0.3) is 5.97 Å². The Labute approximate surface area is 66.9 Å². The van der Waals surface area contributed by atoms with Crippen molar-refractivity contribution in [1.29, 1.82) is 0 Å². The van der Waals surface area contributed by atoms with E-state index >= 15 is 0 Å². The molecule has 3 heteroatoms. The molecule has 2 radical (unpaired) electrons. The second-order valence-corrected chi connectivity index (χ2v) is 6.94. The zero-order valence-electron chi connectivity index (χ0n) is 6.27. The Bertz CT molecular complexity index is 58.1. The molecule has 0 aliphatic heterocycles. The van der Waals surface area contributed by atoms with Crippen LogP contribution in [-0.2, 0) is 4.79 Å². The van der Waals surface area contributed by atoms with Crippen LogP contribution in [0.4, 0.5) is 0 Å². The van der Waals surface area contributed by atoms with Gasteiger partial charge in [-0.3, -0.25) is 4.79 Å². The van der Waals surface area contributed by atoms with E-state index in [1.54, 1.807) is 0 Å². The van der Waals surface area contributed by atoms with Gasteiger partial charge in [0, 0.05) is 6.92 Å². The van der Waals surface area contributed by atoms with Gasteiger partial charge in [0.1, 0.15) is 0 Å². The Morgan fingerprint density at radius 1 is 1.44 bits per heavy atom. The van der Waals surface area contributed by atoms with Crippen molar-refractivity contribution in [2.24, 2.45) is 0 Å². The average Bonchev–Trinajstić information content (AvgIpc) is 1.66. The maximum absolute atomic E-state index is 9.00. The molecule has 2 nitrogen and oxygen atoms in total. The van der Waals surface area contributed by atoms with E-state index in [0.717, 1.165) is 6.92 Å². The number of carboxylic acids is 1. The van der Waals surface area contributed by atoms with Crippen LogP contribution < -0.4 is 0 Å². The van der Waals surface area contributed by atoms with E-state index in [2.05, 4.69) is 13.8 Å². The van der Waals surface area contributed by atoms with E-state index < -0.39 is 5.97 Å². The maximum atomic E-state index is 9.00. The van der Waals surface area contributed by atoms with Crippen LogP contribution in [0.25, 0.3) is 0 Å². The Morgan fingerprint density at radius 2 is 1.67 bits per heavy atom. The Balaban J connectivity index is 0.